The third-order valence-electron chi connectivity index (χ3n) is 4.04. The van der Waals surface area contributed by atoms with Gasteiger partial charge in [0.15, 0.2) is 5.79 Å². The van der Waals surface area contributed by atoms with Crippen molar-refractivity contribution in [1.82, 2.24) is 0 Å². The Balaban J connectivity index is 0.000000750. The molecule has 1 heterocycles. The summed E-state index contributed by atoms with van der Waals surface area (Å²) in [4.78, 5) is 0. The Labute approximate surface area is 90.7 Å². The molecule has 3 nitrogen and oxygen atoms in total. The lowest BCUT2D eigenvalue weighted by Gasteiger charge is -2.53. The molecule has 3 aliphatic rings. The van der Waals surface area contributed by atoms with Gasteiger partial charge >= 0.3 is 0 Å². The summed E-state index contributed by atoms with van der Waals surface area (Å²) < 4.78 is 11.6. The molecule has 82 valence electrons. The smallest absolute Gasteiger partial charge is 0.171 e. The highest BCUT2D eigenvalue weighted by Gasteiger charge is 2.56. The van der Waals surface area contributed by atoms with Crippen LogP contribution in [0.5, 0.6) is 0 Å². The van der Waals surface area contributed by atoms with E-state index >= 15 is 0 Å². The van der Waals surface area contributed by atoms with Crippen LogP contribution >= 0.6 is 12.4 Å². The summed E-state index contributed by atoms with van der Waals surface area (Å²) in [5.41, 5.74) is 6.06. The fraction of sp³-hybridized carbons (Fsp3) is 1.00. The standard InChI is InChI=1S/C10H17NO2.ClH/c11-9-3-4-10(12-5-6-13-10)8-2-1-7(8)9;/h7-9H,1-6,11H2;1H. The van der Waals surface area contributed by atoms with E-state index in [-0.39, 0.29) is 18.2 Å². The molecule has 2 aliphatic carbocycles. The summed E-state index contributed by atoms with van der Waals surface area (Å²) >= 11 is 0. The van der Waals surface area contributed by atoms with Gasteiger partial charge in [0.05, 0.1) is 13.2 Å². The number of fused-ring (bicyclic) bond motifs is 2. The minimum atomic E-state index is -0.210. The molecule has 3 fully saturated rings. The normalized spacial score (nSPS) is 43.9. The van der Waals surface area contributed by atoms with E-state index in [1.165, 1.54) is 12.8 Å². The number of nitrogens with two attached hydrogens (primary N) is 1. The number of halogens is 1. The van der Waals surface area contributed by atoms with E-state index in [1.54, 1.807) is 0 Å². The van der Waals surface area contributed by atoms with Crippen LogP contribution in [-0.2, 0) is 9.47 Å². The zero-order chi connectivity index (χ0) is 8.89. The second kappa shape index (κ2) is 3.63. The minimum absolute atomic E-state index is 0. The first kappa shape index (κ1) is 10.7. The second-order valence-electron chi connectivity index (χ2n) is 4.56. The Morgan fingerprint density at radius 2 is 1.79 bits per heavy atom. The summed E-state index contributed by atoms with van der Waals surface area (Å²) in [6.45, 7) is 1.55. The fourth-order valence-corrected chi connectivity index (χ4v) is 3.18. The Morgan fingerprint density at radius 1 is 1.07 bits per heavy atom. The van der Waals surface area contributed by atoms with Gasteiger partial charge in [0.1, 0.15) is 0 Å². The van der Waals surface area contributed by atoms with E-state index in [2.05, 4.69) is 0 Å². The first-order valence-corrected chi connectivity index (χ1v) is 5.35. The van der Waals surface area contributed by atoms with Gasteiger partial charge < -0.3 is 15.2 Å². The molecule has 0 amide bonds. The topological polar surface area (TPSA) is 44.5 Å². The molecule has 3 atom stereocenters. The zero-order valence-electron chi connectivity index (χ0n) is 8.28. The van der Waals surface area contributed by atoms with Crippen LogP contribution in [0.25, 0.3) is 0 Å². The Kier molecular flexibility index (Phi) is 2.77. The lowest BCUT2D eigenvalue weighted by atomic mass is 9.60. The lowest BCUT2D eigenvalue weighted by Crippen LogP contribution is -2.58. The quantitative estimate of drug-likeness (QED) is 0.668. The molecule has 1 saturated heterocycles. The van der Waals surface area contributed by atoms with Crippen molar-refractivity contribution in [3.05, 3.63) is 0 Å². The van der Waals surface area contributed by atoms with E-state index < -0.39 is 0 Å². The van der Waals surface area contributed by atoms with Crippen LogP contribution in [0.3, 0.4) is 0 Å². The number of ether oxygens (including phenoxy) is 2. The Morgan fingerprint density at radius 3 is 2.36 bits per heavy atom. The maximum atomic E-state index is 6.06. The minimum Gasteiger partial charge on any atom is -0.347 e. The van der Waals surface area contributed by atoms with Gasteiger partial charge in [-0.2, -0.15) is 0 Å². The molecule has 14 heavy (non-hydrogen) atoms. The average Bonchev–Trinajstić information content (AvgIpc) is 2.46. The third kappa shape index (κ3) is 1.30. The van der Waals surface area contributed by atoms with E-state index in [9.17, 15) is 0 Å². The lowest BCUT2D eigenvalue weighted by molar-refractivity contribution is -0.251. The van der Waals surface area contributed by atoms with Crippen LogP contribution in [-0.4, -0.2) is 25.0 Å². The van der Waals surface area contributed by atoms with Crippen molar-refractivity contribution in [3.8, 4) is 0 Å². The van der Waals surface area contributed by atoms with Gasteiger partial charge in [-0.15, -0.1) is 12.4 Å². The zero-order valence-corrected chi connectivity index (χ0v) is 9.09. The Hall–Kier alpha value is 0.170. The van der Waals surface area contributed by atoms with Crippen molar-refractivity contribution in [3.63, 3.8) is 0 Å². The highest BCUT2D eigenvalue weighted by Crippen LogP contribution is 2.52. The molecule has 0 aromatic rings. The molecule has 2 N–H and O–H groups in total. The van der Waals surface area contributed by atoms with Crippen molar-refractivity contribution in [1.29, 1.82) is 0 Å². The molecule has 1 spiro atoms. The first-order chi connectivity index (χ1) is 6.32. The number of hydrogen-bond donors (Lipinski definition) is 1. The molecule has 3 unspecified atom stereocenters. The van der Waals surface area contributed by atoms with Gasteiger partial charge in [-0.05, 0) is 25.2 Å². The molecule has 0 radical (unpaired) electrons. The monoisotopic (exact) mass is 219 g/mol. The summed E-state index contributed by atoms with van der Waals surface area (Å²) in [5, 5.41) is 0. The average molecular weight is 220 g/mol. The highest BCUT2D eigenvalue weighted by molar-refractivity contribution is 5.85. The van der Waals surface area contributed by atoms with Crippen LogP contribution in [0.15, 0.2) is 0 Å². The molecule has 1 aliphatic heterocycles. The first-order valence-electron chi connectivity index (χ1n) is 5.35. The highest BCUT2D eigenvalue weighted by atomic mass is 35.5. The van der Waals surface area contributed by atoms with Gasteiger partial charge in [-0.3, -0.25) is 0 Å². The maximum Gasteiger partial charge on any atom is 0.171 e. The van der Waals surface area contributed by atoms with E-state index in [4.69, 9.17) is 15.2 Å². The summed E-state index contributed by atoms with van der Waals surface area (Å²) in [5.74, 6) is 1.06. The van der Waals surface area contributed by atoms with Crippen molar-refractivity contribution in [2.45, 2.75) is 37.5 Å². The van der Waals surface area contributed by atoms with Gasteiger partial charge in [0, 0.05) is 18.4 Å². The van der Waals surface area contributed by atoms with Gasteiger partial charge in [0.2, 0.25) is 0 Å². The fourth-order valence-electron chi connectivity index (χ4n) is 3.18. The van der Waals surface area contributed by atoms with Crippen molar-refractivity contribution >= 4 is 12.4 Å². The van der Waals surface area contributed by atoms with Gasteiger partial charge in [0.25, 0.3) is 0 Å². The summed E-state index contributed by atoms with van der Waals surface area (Å²) in [6.07, 6.45) is 4.61. The molecule has 0 aromatic heterocycles. The SMILES string of the molecule is Cl.NC1CCC2(OCCO2)C2CCC12. The predicted octanol–water partition coefficient (Wildman–Crippen LogP) is 1.30. The predicted molar refractivity (Wildman–Crippen MR) is 55.3 cm³/mol. The van der Waals surface area contributed by atoms with Crippen LogP contribution in [0.1, 0.15) is 25.7 Å². The molecule has 2 saturated carbocycles. The molecule has 0 bridgehead atoms. The van der Waals surface area contributed by atoms with Crippen LogP contribution in [0.4, 0.5) is 0 Å². The van der Waals surface area contributed by atoms with Gasteiger partial charge in [-0.1, -0.05) is 0 Å². The maximum absolute atomic E-state index is 6.06. The van der Waals surface area contributed by atoms with E-state index in [0.717, 1.165) is 26.1 Å². The second-order valence-corrected chi connectivity index (χ2v) is 4.56. The molecule has 4 heteroatoms. The van der Waals surface area contributed by atoms with Crippen molar-refractivity contribution in [2.24, 2.45) is 17.6 Å². The summed E-state index contributed by atoms with van der Waals surface area (Å²) in [7, 11) is 0. The molecule has 0 aromatic carbocycles. The molecular weight excluding hydrogens is 202 g/mol. The van der Waals surface area contributed by atoms with Crippen molar-refractivity contribution in [2.75, 3.05) is 13.2 Å². The van der Waals surface area contributed by atoms with Crippen LogP contribution < -0.4 is 5.73 Å². The molecular formula is C10H18ClNO2. The Bertz CT molecular complexity index is 218. The van der Waals surface area contributed by atoms with Crippen molar-refractivity contribution < 1.29 is 9.47 Å². The van der Waals surface area contributed by atoms with E-state index in [1.807, 2.05) is 0 Å². The molecule has 3 rings (SSSR count). The summed E-state index contributed by atoms with van der Waals surface area (Å²) in [6, 6.07) is 0.400. The van der Waals surface area contributed by atoms with Gasteiger partial charge in [-0.25, -0.2) is 0 Å². The number of hydrogen-bond acceptors (Lipinski definition) is 3. The third-order valence-corrected chi connectivity index (χ3v) is 4.04. The largest absolute Gasteiger partial charge is 0.347 e. The van der Waals surface area contributed by atoms with Crippen LogP contribution in [0, 0.1) is 11.8 Å². The van der Waals surface area contributed by atoms with Crippen LogP contribution in [0.2, 0.25) is 0 Å². The number of rotatable bonds is 0. The van der Waals surface area contributed by atoms with E-state index in [0.29, 0.717) is 17.9 Å².